The Hall–Kier alpha value is -2.02. The first-order chi connectivity index (χ1) is 12.1. The molecule has 0 saturated carbocycles. The van der Waals surface area contributed by atoms with Crippen LogP contribution in [0.3, 0.4) is 0 Å². The molecule has 0 bridgehead atoms. The van der Waals surface area contributed by atoms with Crippen LogP contribution in [0.15, 0.2) is 12.4 Å². The lowest BCUT2D eigenvalue weighted by Crippen LogP contribution is -2.40. The Balaban J connectivity index is 1.95. The van der Waals surface area contributed by atoms with E-state index in [0.717, 1.165) is 38.0 Å². The third-order valence-electron chi connectivity index (χ3n) is 4.20. The van der Waals surface area contributed by atoms with Gasteiger partial charge in [-0.1, -0.05) is 13.3 Å². The van der Waals surface area contributed by atoms with Crippen LogP contribution in [0.5, 0.6) is 0 Å². The van der Waals surface area contributed by atoms with Crippen LogP contribution in [-0.2, 0) is 9.53 Å². The number of nitrogens with one attached hydrogen (secondary N) is 1. The van der Waals surface area contributed by atoms with E-state index in [0.29, 0.717) is 25.3 Å². The van der Waals surface area contributed by atoms with E-state index in [4.69, 9.17) is 4.74 Å². The van der Waals surface area contributed by atoms with Crippen LogP contribution in [0.4, 0.5) is 0 Å². The van der Waals surface area contributed by atoms with Crippen LogP contribution in [0.1, 0.15) is 55.2 Å². The zero-order valence-corrected chi connectivity index (χ0v) is 15.2. The minimum Gasteiger partial charge on any atom is -0.376 e. The molecule has 0 spiro atoms. The van der Waals surface area contributed by atoms with Crippen LogP contribution < -0.4 is 5.32 Å². The molecule has 1 N–H and O–H groups in total. The van der Waals surface area contributed by atoms with E-state index in [2.05, 4.69) is 22.2 Å². The topological polar surface area (TPSA) is 84.4 Å². The minimum absolute atomic E-state index is 0.0329. The van der Waals surface area contributed by atoms with E-state index in [1.165, 1.54) is 6.20 Å². The van der Waals surface area contributed by atoms with Gasteiger partial charge in [-0.2, -0.15) is 0 Å². The molecular weight excluding hydrogens is 320 g/mol. The van der Waals surface area contributed by atoms with E-state index in [1.54, 1.807) is 11.1 Å². The van der Waals surface area contributed by atoms with Crippen LogP contribution in [-0.4, -0.2) is 59.0 Å². The summed E-state index contributed by atoms with van der Waals surface area (Å²) in [4.78, 5) is 34.7. The lowest BCUT2D eigenvalue weighted by molar-refractivity contribution is -0.121. The molecule has 0 aromatic carbocycles. The number of rotatable bonds is 9. The number of amides is 2. The van der Waals surface area contributed by atoms with E-state index < -0.39 is 0 Å². The molecule has 0 unspecified atom stereocenters. The Morgan fingerprint density at radius 2 is 2.20 bits per heavy atom. The van der Waals surface area contributed by atoms with Gasteiger partial charge in [0.1, 0.15) is 5.69 Å². The first-order valence-electron chi connectivity index (χ1n) is 9.06. The van der Waals surface area contributed by atoms with Crippen molar-refractivity contribution in [1.82, 2.24) is 20.2 Å². The zero-order valence-electron chi connectivity index (χ0n) is 15.2. The number of aromatic nitrogens is 2. The Kier molecular flexibility index (Phi) is 7.78. The highest BCUT2D eigenvalue weighted by molar-refractivity contribution is 5.92. The number of ether oxygens (including phenoxy) is 1. The molecule has 0 aliphatic carbocycles. The largest absolute Gasteiger partial charge is 0.376 e. The molecule has 2 rings (SSSR count). The monoisotopic (exact) mass is 348 g/mol. The van der Waals surface area contributed by atoms with Crippen molar-refractivity contribution < 1.29 is 14.3 Å². The molecule has 1 aromatic heterocycles. The summed E-state index contributed by atoms with van der Waals surface area (Å²) >= 11 is 0. The summed E-state index contributed by atoms with van der Waals surface area (Å²) in [6, 6.07) is 0. The highest BCUT2D eigenvalue weighted by atomic mass is 16.5. The molecule has 1 aliphatic rings. The van der Waals surface area contributed by atoms with Gasteiger partial charge >= 0.3 is 0 Å². The van der Waals surface area contributed by atoms with Gasteiger partial charge in [0.15, 0.2) is 0 Å². The van der Waals surface area contributed by atoms with E-state index in [-0.39, 0.29) is 24.3 Å². The molecule has 1 fully saturated rings. The van der Waals surface area contributed by atoms with Crippen LogP contribution in [0.2, 0.25) is 0 Å². The van der Waals surface area contributed by atoms with Crippen LogP contribution >= 0.6 is 0 Å². The molecule has 7 nitrogen and oxygen atoms in total. The van der Waals surface area contributed by atoms with E-state index >= 15 is 0 Å². The minimum atomic E-state index is -0.204. The Morgan fingerprint density at radius 1 is 1.36 bits per heavy atom. The van der Waals surface area contributed by atoms with E-state index in [9.17, 15) is 9.59 Å². The average Bonchev–Trinajstić information content (AvgIpc) is 3.12. The highest BCUT2D eigenvalue weighted by Crippen LogP contribution is 2.15. The third-order valence-corrected chi connectivity index (χ3v) is 4.20. The van der Waals surface area contributed by atoms with Gasteiger partial charge in [0.05, 0.1) is 18.0 Å². The number of nitrogens with zero attached hydrogens (tertiary/aromatic N) is 3. The van der Waals surface area contributed by atoms with Crippen molar-refractivity contribution in [1.29, 1.82) is 0 Å². The van der Waals surface area contributed by atoms with Crippen molar-refractivity contribution in [3.05, 3.63) is 23.8 Å². The van der Waals surface area contributed by atoms with Gasteiger partial charge in [0, 0.05) is 38.9 Å². The molecule has 25 heavy (non-hydrogen) atoms. The van der Waals surface area contributed by atoms with Gasteiger partial charge < -0.3 is 15.0 Å². The van der Waals surface area contributed by atoms with Crippen molar-refractivity contribution in [2.75, 3.05) is 26.2 Å². The zero-order chi connectivity index (χ0) is 18.1. The number of hydrogen-bond acceptors (Lipinski definition) is 5. The van der Waals surface area contributed by atoms with Crippen LogP contribution in [0.25, 0.3) is 0 Å². The SMILES string of the molecule is CCCCNC(=O)CCN(C[C@@H]1CCCO1)C(=O)c1cnc(C)cn1. The summed E-state index contributed by atoms with van der Waals surface area (Å²) in [6.07, 6.45) is 7.32. The third kappa shape index (κ3) is 6.42. The van der Waals surface area contributed by atoms with Crippen molar-refractivity contribution in [2.45, 2.75) is 52.1 Å². The highest BCUT2D eigenvalue weighted by Gasteiger charge is 2.24. The van der Waals surface area contributed by atoms with Gasteiger partial charge in [0.2, 0.25) is 5.91 Å². The summed E-state index contributed by atoms with van der Waals surface area (Å²) in [5.74, 6) is -0.238. The van der Waals surface area contributed by atoms with Gasteiger partial charge in [-0.3, -0.25) is 14.6 Å². The Bertz CT molecular complexity index is 556. The molecule has 1 aromatic rings. The fourth-order valence-corrected chi connectivity index (χ4v) is 2.70. The normalized spacial score (nSPS) is 16.6. The lowest BCUT2D eigenvalue weighted by atomic mass is 10.2. The van der Waals surface area contributed by atoms with Crippen molar-refractivity contribution in [3.8, 4) is 0 Å². The summed E-state index contributed by atoms with van der Waals surface area (Å²) in [6.45, 7) is 6.15. The van der Waals surface area contributed by atoms with Gasteiger partial charge in [0.25, 0.3) is 5.91 Å². The fourth-order valence-electron chi connectivity index (χ4n) is 2.70. The lowest BCUT2D eigenvalue weighted by Gasteiger charge is -2.25. The molecule has 1 atom stereocenters. The Labute approximate surface area is 149 Å². The van der Waals surface area contributed by atoms with Gasteiger partial charge in [-0.05, 0) is 26.2 Å². The van der Waals surface area contributed by atoms with E-state index in [1.807, 2.05) is 6.92 Å². The number of carbonyl (C=O) groups excluding carboxylic acids is 2. The second-order valence-corrected chi connectivity index (χ2v) is 6.38. The fraction of sp³-hybridized carbons (Fsp3) is 0.667. The molecule has 2 amide bonds. The predicted molar refractivity (Wildman–Crippen MR) is 94.2 cm³/mol. The van der Waals surface area contributed by atoms with Crippen LogP contribution in [0, 0.1) is 6.92 Å². The second-order valence-electron chi connectivity index (χ2n) is 6.38. The molecule has 1 aliphatic heterocycles. The van der Waals surface area contributed by atoms with Gasteiger partial charge in [-0.25, -0.2) is 4.98 Å². The van der Waals surface area contributed by atoms with Crippen molar-refractivity contribution in [2.24, 2.45) is 0 Å². The maximum Gasteiger partial charge on any atom is 0.274 e. The molecule has 2 heterocycles. The summed E-state index contributed by atoms with van der Waals surface area (Å²) in [5, 5.41) is 2.88. The first-order valence-corrected chi connectivity index (χ1v) is 9.06. The quantitative estimate of drug-likeness (QED) is 0.687. The smallest absolute Gasteiger partial charge is 0.274 e. The molecule has 0 radical (unpaired) electrons. The summed E-state index contributed by atoms with van der Waals surface area (Å²) in [5.41, 5.74) is 1.06. The number of aryl methyl sites for hydroxylation is 1. The maximum absolute atomic E-state index is 12.8. The predicted octanol–water partition coefficient (Wildman–Crippen LogP) is 1.71. The molecule has 1 saturated heterocycles. The van der Waals surface area contributed by atoms with Crippen molar-refractivity contribution in [3.63, 3.8) is 0 Å². The Morgan fingerprint density at radius 3 is 2.84 bits per heavy atom. The number of carbonyl (C=O) groups is 2. The van der Waals surface area contributed by atoms with Crippen molar-refractivity contribution >= 4 is 11.8 Å². The molecule has 7 heteroatoms. The molecular formula is C18H28N4O3. The summed E-state index contributed by atoms with van der Waals surface area (Å²) < 4.78 is 5.64. The standard InChI is InChI=1S/C18H28N4O3/c1-3-4-8-19-17(23)7-9-22(13-15-6-5-10-25-15)18(24)16-12-20-14(2)11-21-16/h11-12,15H,3-10,13H2,1-2H3,(H,19,23)/t15-/m0/s1. The maximum atomic E-state index is 12.8. The first kappa shape index (κ1) is 19.3. The number of unbranched alkanes of at least 4 members (excludes halogenated alkanes) is 1. The molecule has 138 valence electrons. The average molecular weight is 348 g/mol. The second kappa shape index (κ2) is 10.1. The van der Waals surface area contributed by atoms with Gasteiger partial charge in [-0.15, -0.1) is 0 Å². The number of hydrogen-bond donors (Lipinski definition) is 1. The summed E-state index contributed by atoms with van der Waals surface area (Å²) in [7, 11) is 0.